The summed E-state index contributed by atoms with van der Waals surface area (Å²) >= 11 is 0. The largest absolute Gasteiger partial charge is 0.507 e. The Morgan fingerprint density at radius 1 is 1.18 bits per heavy atom. The molecule has 1 amide bonds. The Balaban J connectivity index is 2.69. The van der Waals surface area contributed by atoms with E-state index in [9.17, 15) is 19.1 Å². The third-order valence-corrected chi connectivity index (χ3v) is 4.87. The van der Waals surface area contributed by atoms with Gasteiger partial charge >= 0.3 is 12.1 Å². The number of aryl methyl sites for hydroxylation is 1. The number of hydrogen-bond acceptors (Lipinski definition) is 5. The highest BCUT2D eigenvalue weighted by Crippen LogP contribution is 2.38. The molecule has 0 unspecified atom stereocenters. The van der Waals surface area contributed by atoms with Crippen molar-refractivity contribution in [2.24, 2.45) is 0 Å². The fourth-order valence-corrected chi connectivity index (χ4v) is 3.53. The van der Waals surface area contributed by atoms with E-state index in [1.165, 1.54) is 18.2 Å². The number of phenols is 1. The van der Waals surface area contributed by atoms with Gasteiger partial charge in [-0.1, -0.05) is 6.58 Å². The Labute approximate surface area is 198 Å². The highest BCUT2D eigenvalue weighted by atomic mass is 19.1. The maximum Gasteiger partial charge on any atom is 0.408 e. The van der Waals surface area contributed by atoms with Gasteiger partial charge < -0.3 is 19.9 Å². The lowest BCUT2D eigenvalue weighted by molar-refractivity contribution is -0.143. The molecule has 8 heteroatoms. The molecule has 2 N–H and O–H groups in total. The van der Waals surface area contributed by atoms with E-state index < -0.39 is 35.3 Å². The van der Waals surface area contributed by atoms with Crippen molar-refractivity contribution in [3.8, 4) is 16.9 Å². The van der Waals surface area contributed by atoms with E-state index in [1.807, 2.05) is 0 Å². The molecule has 0 bridgehead atoms. The molecule has 0 aliphatic carbocycles. The highest BCUT2D eigenvalue weighted by molar-refractivity contribution is 5.79. The second-order valence-electron chi connectivity index (χ2n) is 9.03. The van der Waals surface area contributed by atoms with Crippen LogP contribution in [0.15, 0.2) is 30.8 Å². The van der Waals surface area contributed by atoms with Gasteiger partial charge in [-0.2, -0.15) is 0 Å². The summed E-state index contributed by atoms with van der Waals surface area (Å²) in [6, 6.07) is 3.95. The van der Waals surface area contributed by atoms with E-state index in [0.29, 0.717) is 16.7 Å². The van der Waals surface area contributed by atoms with Gasteiger partial charge in [-0.15, -0.1) is 0 Å². The van der Waals surface area contributed by atoms with Crippen molar-refractivity contribution in [3.05, 3.63) is 59.2 Å². The average molecular weight is 476 g/mol. The number of alkyl carbamates (subject to hydrolysis) is 1. The molecular weight excluding hydrogens is 444 g/mol. The summed E-state index contributed by atoms with van der Waals surface area (Å²) in [4.78, 5) is 24.8. The predicted octanol–water partition coefficient (Wildman–Crippen LogP) is 6.20. The average Bonchev–Trinajstić information content (AvgIpc) is 2.66. The van der Waals surface area contributed by atoms with Crippen molar-refractivity contribution < 1.29 is 33.0 Å². The lowest BCUT2D eigenvalue weighted by Gasteiger charge is -2.25. The molecule has 0 heterocycles. The third-order valence-electron chi connectivity index (χ3n) is 4.87. The molecular formula is C26H31F2NO5. The topological polar surface area (TPSA) is 84.9 Å². The molecule has 0 saturated carbocycles. The highest BCUT2D eigenvalue weighted by Gasteiger charge is 2.28. The fourth-order valence-electron chi connectivity index (χ4n) is 3.53. The van der Waals surface area contributed by atoms with Crippen LogP contribution in [0.3, 0.4) is 0 Å². The smallest absolute Gasteiger partial charge is 0.408 e. The van der Waals surface area contributed by atoms with Gasteiger partial charge in [0.15, 0.2) is 0 Å². The normalized spacial score (nSPS) is 12.1. The van der Waals surface area contributed by atoms with Crippen LogP contribution in [-0.4, -0.2) is 29.4 Å². The number of amides is 1. The van der Waals surface area contributed by atoms with Crippen LogP contribution in [0.4, 0.5) is 13.6 Å². The van der Waals surface area contributed by atoms with Gasteiger partial charge in [0.2, 0.25) is 0 Å². The number of carbonyl (C=O) groups excluding carboxylic acids is 2. The molecule has 184 valence electrons. The quantitative estimate of drug-likeness (QED) is 0.466. The van der Waals surface area contributed by atoms with Gasteiger partial charge in [0.25, 0.3) is 0 Å². The monoisotopic (exact) mass is 475 g/mol. The van der Waals surface area contributed by atoms with Crippen LogP contribution in [0, 0.1) is 18.6 Å². The number of ether oxygens (including phenoxy) is 2. The van der Waals surface area contributed by atoms with E-state index in [2.05, 4.69) is 11.9 Å². The first-order chi connectivity index (χ1) is 15.7. The van der Waals surface area contributed by atoms with E-state index in [-0.39, 0.29) is 35.5 Å². The van der Waals surface area contributed by atoms with Crippen LogP contribution >= 0.6 is 0 Å². The van der Waals surface area contributed by atoms with E-state index in [0.717, 1.165) is 6.07 Å². The summed E-state index contributed by atoms with van der Waals surface area (Å²) in [7, 11) is 0. The van der Waals surface area contributed by atoms with Crippen LogP contribution < -0.4 is 5.32 Å². The molecule has 2 rings (SSSR count). The molecule has 2 aromatic rings. The van der Waals surface area contributed by atoms with Gasteiger partial charge in [0.1, 0.15) is 23.0 Å². The standard InChI is InChI=1S/C26H31F2NO5/c1-8-33-22(31)13-20(29-25(32)34-26(5,6)7)19-11-16(10-18(14(2)3)24(19)28)23-15(4)9-17(27)12-21(23)30/h9-12,20,30H,2,8,13H2,1,3-7H3,(H,29,32)/t20-/m0/s1. The summed E-state index contributed by atoms with van der Waals surface area (Å²) in [6.07, 6.45) is -1.21. The third kappa shape index (κ3) is 6.79. The van der Waals surface area contributed by atoms with Crippen molar-refractivity contribution in [2.75, 3.05) is 6.61 Å². The molecule has 34 heavy (non-hydrogen) atoms. The van der Waals surface area contributed by atoms with E-state index >= 15 is 4.39 Å². The second kappa shape index (κ2) is 10.7. The van der Waals surface area contributed by atoms with Gasteiger partial charge in [0.05, 0.1) is 19.1 Å². The number of nitrogens with one attached hydrogen (secondary N) is 1. The van der Waals surface area contributed by atoms with Gasteiger partial charge in [-0.25, -0.2) is 13.6 Å². The molecule has 0 aliphatic heterocycles. The van der Waals surface area contributed by atoms with Crippen molar-refractivity contribution >= 4 is 17.6 Å². The zero-order valence-corrected chi connectivity index (χ0v) is 20.3. The van der Waals surface area contributed by atoms with Crippen LogP contribution in [-0.2, 0) is 14.3 Å². The lowest BCUT2D eigenvalue weighted by Crippen LogP contribution is -2.36. The van der Waals surface area contributed by atoms with Crippen LogP contribution in [0.5, 0.6) is 5.75 Å². The van der Waals surface area contributed by atoms with Crippen LogP contribution in [0.2, 0.25) is 0 Å². The summed E-state index contributed by atoms with van der Waals surface area (Å²) < 4.78 is 39.7. The summed E-state index contributed by atoms with van der Waals surface area (Å²) in [5.41, 5.74) is 0.727. The van der Waals surface area contributed by atoms with Gasteiger partial charge in [-0.05, 0) is 76.4 Å². The Kier molecular flexibility index (Phi) is 8.42. The molecule has 6 nitrogen and oxygen atoms in total. The second-order valence-corrected chi connectivity index (χ2v) is 9.03. The molecule has 0 aliphatic rings. The summed E-state index contributed by atoms with van der Waals surface area (Å²) in [6.45, 7) is 13.8. The number of rotatable bonds is 7. The first kappa shape index (κ1) is 26.8. The first-order valence-electron chi connectivity index (χ1n) is 10.9. The number of aromatic hydroxyl groups is 1. The molecule has 0 aromatic heterocycles. The predicted molar refractivity (Wildman–Crippen MR) is 126 cm³/mol. The lowest BCUT2D eigenvalue weighted by atomic mass is 9.90. The van der Waals surface area contributed by atoms with Crippen molar-refractivity contribution in [1.82, 2.24) is 5.32 Å². The molecule has 0 radical (unpaired) electrons. The SMILES string of the molecule is C=C(C)c1cc(-c2c(C)cc(F)cc2O)cc([C@H](CC(=O)OCC)NC(=O)OC(C)(C)C)c1F. The minimum atomic E-state index is -1.14. The van der Waals surface area contributed by atoms with Crippen molar-refractivity contribution in [3.63, 3.8) is 0 Å². The number of benzene rings is 2. The Morgan fingerprint density at radius 2 is 1.82 bits per heavy atom. The molecule has 0 saturated heterocycles. The number of carbonyl (C=O) groups is 2. The number of allylic oxidation sites excluding steroid dienone is 1. The summed E-state index contributed by atoms with van der Waals surface area (Å²) in [5.74, 6) is -2.29. The Bertz CT molecular complexity index is 1080. The Morgan fingerprint density at radius 3 is 2.35 bits per heavy atom. The maximum atomic E-state index is 15.6. The molecule has 1 atom stereocenters. The molecule has 0 spiro atoms. The fraction of sp³-hybridized carbons (Fsp3) is 0.385. The summed E-state index contributed by atoms with van der Waals surface area (Å²) in [5, 5.41) is 13.0. The zero-order valence-electron chi connectivity index (χ0n) is 20.3. The maximum absolute atomic E-state index is 15.6. The zero-order chi connectivity index (χ0) is 25.8. The molecule has 0 fully saturated rings. The Hall–Kier alpha value is -3.42. The van der Waals surface area contributed by atoms with Gasteiger partial charge in [0, 0.05) is 22.8 Å². The van der Waals surface area contributed by atoms with Crippen molar-refractivity contribution in [2.45, 2.75) is 59.6 Å². The van der Waals surface area contributed by atoms with Crippen molar-refractivity contribution in [1.29, 1.82) is 0 Å². The number of phenolic OH excluding ortho intramolecular Hbond substituents is 1. The minimum Gasteiger partial charge on any atom is -0.507 e. The van der Waals surface area contributed by atoms with Crippen LogP contribution in [0.25, 0.3) is 16.7 Å². The number of hydrogen-bond donors (Lipinski definition) is 2. The number of esters is 1. The first-order valence-corrected chi connectivity index (χ1v) is 10.9. The van der Waals surface area contributed by atoms with E-state index in [4.69, 9.17) is 9.47 Å². The number of halogens is 2. The van der Waals surface area contributed by atoms with Crippen LogP contribution in [0.1, 0.15) is 63.8 Å². The van der Waals surface area contributed by atoms with Gasteiger partial charge in [-0.3, -0.25) is 4.79 Å². The minimum absolute atomic E-state index is 0.0301. The molecule has 2 aromatic carbocycles. The van der Waals surface area contributed by atoms with E-state index in [1.54, 1.807) is 41.5 Å².